The van der Waals surface area contributed by atoms with Gasteiger partial charge in [-0.2, -0.15) is 5.10 Å². The Morgan fingerprint density at radius 3 is 2.79 bits per heavy atom. The van der Waals surface area contributed by atoms with Gasteiger partial charge in [-0.3, -0.25) is 19.5 Å². The SMILES string of the molecule is O=C(CCCSC1=CC(=O)c2[nH]ncc2C1=O)Nc1ccccc1. The lowest BCUT2D eigenvalue weighted by Gasteiger charge is -2.10. The highest BCUT2D eigenvalue weighted by Crippen LogP contribution is 2.27. The monoisotopic (exact) mass is 341 g/mol. The van der Waals surface area contributed by atoms with Crippen molar-refractivity contribution in [3.8, 4) is 0 Å². The smallest absolute Gasteiger partial charge is 0.224 e. The number of benzene rings is 1. The zero-order chi connectivity index (χ0) is 16.9. The number of carbonyl (C=O) groups excluding carboxylic acids is 3. The van der Waals surface area contributed by atoms with Crippen molar-refractivity contribution in [1.29, 1.82) is 0 Å². The highest BCUT2D eigenvalue weighted by molar-refractivity contribution is 8.04. The van der Waals surface area contributed by atoms with Crippen LogP contribution in [0.15, 0.2) is 47.5 Å². The van der Waals surface area contributed by atoms with E-state index in [1.54, 1.807) is 0 Å². The van der Waals surface area contributed by atoms with Crippen molar-refractivity contribution < 1.29 is 14.4 Å². The summed E-state index contributed by atoms with van der Waals surface area (Å²) in [5.74, 6) is 0.0720. The molecule has 24 heavy (non-hydrogen) atoms. The van der Waals surface area contributed by atoms with Gasteiger partial charge < -0.3 is 5.32 Å². The van der Waals surface area contributed by atoms with Gasteiger partial charge in [-0.15, -0.1) is 11.8 Å². The van der Waals surface area contributed by atoms with E-state index in [1.807, 2.05) is 30.3 Å². The fourth-order valence-electron chi connectivity index (χ4n) is 2.30. The lowest BCUT2D eigenvalue weighted by atomic mass is 10.0. The number of anilines is 1. The van der Waals surface area contributed by atoms with Gasteiger partial charge in [-0.1, -0.05) is 18.2 Å². The Kier molecular flexibility index (Phi) is 4.90. The molecular weight excluding hydrogens is 326 g/mol. The minimum atomic E-state index is -0.244. The van der Waals surface area contributed by atoms with Gasteiger partial charge in [0.05, 0.1) is 16.7 Å². The molecule has 0 unspecified atom stereocenters. The lowest BCUT2D eigenvalue weighted by molar-refractivity contribution is -0.116. The number of hydrogen-bond donors (Lipinski definition) is 2. The predicted octanol–water partition coefficient (Wildman–Crippen LogP) is 2.82. The van der Waals surface area contributed by atoms with Crippen LogP contribution in [0.2, 0.25) is 0 Å². The van der Waals surface area contributed by atoms with Crippen LogP contribution in [0, 0.1) is 0 Å². The van der Waals surface area contributed by atoms with E-state index in [0.717, 1.165) is 5.69 Å². The Labute approximate surface area is 142 Å². The molecule has 6 nitrogen and oxygen atoms in total. The Morgan fingerprint density at radius 1 is 1.21 bits per heavy atom. The molecule has 2 N–H and O–H groups in total. The first-order chi connectivity index (χ1) is 11.6. The highest BCUT2D eigenvalue weighted by atomic mass is 32.2. The summed E-state index contributed by atoms with van der Waals surface area (Å²) in [7, 11) is 0. The van der Waals surface area contributed by atoms with Gasteiger partial charge in [0, 0.05) is 18.2 Å². The molecule has 0 atom stereocenters. The molecule has 1 aromatic heterocycles. The van der Waals surface area contributed by atoms with Gasteiger partial charge in [-0.05, 0) is 24.3 Å². The van der Waals surface area contributed by atoms with Crippen LogP contribution in [0.25, 0.3) is 0 Å². The van der Waals surface area contributed by atoms with E-state index in [1.165, 1.54) is 24.0 Å². The van der Waals surface area contributed by atoms with E-state index in [0.29, 0.717) is 29.1 Å². The van der Waals surface area contributed by atoms with E-state index >= 15 is 0 Å². The molecule has 0 spiro atoms. The number of carbonyl (C=O) groups is 3. The summed E-state index contributed by atoms with van der Waals surface area (Å²) in [5.41, 5.74) is 1.32. The molecule has 1 amide bonds. The summed E-state index contributed by atoms with van der Waals surface area (Å²) in [6, 6.07) is 9.24. The van der Waals surface area contributed by atoms with Crippen molar-refractivity contribution in [3.63, 3.8) is 0 Å². The molecule has 1 aromatic carbocycles. The normalized spacial score (nSPS) is 13.4. The third kappa shape index (κ3) is 3.62. The second-order valence-electron chi connectivity index (χ2n) is 5.23. The quantitative estimate of drug-likeness (QED) is 0.788. The summed E-state index contributed by atoms with van der Waals surface area (Å²) in [6.45, 7) is 0. The fraction of sp³-hybridized carbons (Fsp3) is 0.176. The van der Waals surface area contributed by atoms with Gasteiger partial charge >= 0.3 is 0 Å². The molecule has 1 aliphatic carbocycles. The van der Waals surface area contributed by atoms with E-state index < -0.39 is 0 Å². The second kappa shape index (κ2) is 7.27. The zero-order valence-electron chi connectivity index (χ0n) is 12.7. The average molecular weight is 341 g/mol. The molecule has 0 bridgehead atoms. The average Bonchev–Trinajstić information content (AvgIpc) is 3.07. The van der Waals surface area contributed by atoms with Crippen LogP contribution >= 0.6 is 11.8 Å². The number of thioether (sulfide) groups is 1. The maximum absolute atomic E-state index is 12.2. The van der Waals surface area contributed by atoms with Gasteiger partial charge in [-0.25, -0.2) is 0 Å². The van der Waals surface area contributed by atoms with E-state index in [9.17, 15) is 14.4 Å². The minimum absolute atomic E-state index is 0.0704. The molecule has 1 heterocycles. The van der Waals surface area contributed by atoms with Gasteiger partial charge in [0.25, 0.3) is 0 Å². The summed E-state index contributed by atoms with van der Waals surface area (Å²) < 4.78 is 0. The molecule has 1 aliphatic rings. The van der Waals surface area contributed by atoms with Crippen LogP contribution in [-0.4, -0.2) is 33.4 Å². The number of hydrogen-bond acceptors (Lipinski definition) is 5. The third-order valence-electron chi connectivity index (χ3n) is 3.48. The number of ketones is 2. The maximum atomic E-state index is 12.2. The maximum Gasteiger partial charge on any atom is 0.224 e. The van der Waals surface area contributed by atoms with E-state index in [4.69, 9.17) is 0 Å². The lowest BCUT2D eigenvalue weighted by Crippen LogP contribution is -2.15. The van der Waals surface area contributed by atoms with Crippen molar-refractivity contribution in [2.45, 2.75) is 12.8 Å². The zero-order valence-corrected chi connectivity index (χ0v) is 13.6. The molecule has 2 aromatic rings. The summed E-state index contributed by atoms with van der Waals surface area (Å²) in [4.78, 5) is 36.3. The summed E-state index contributed by atoms with van der Waals surface area (Å²) in [5, 5.41) is 9.08. The van der Waals surface area contributed by atoms with Gasteiger partial charge in [0.1, 0.15) is 5.69 Å². The Balaban J connectivity index is 1.46. The van der Waals surface area contributed by atoms with Crippen LogP contribution < -0.4 is 5.32 Å². The molecule has 3 rings (SSSR count). The number of para-hydroxylation sites is 1. The number of nitrogens with one attached hydrogen (secondary N) is 2. The third-order valence-corrected chi connectivity index (χ3v) is 4.59. The molecule has 0 fully saturated rings. The number of nitrogens with zero attached hydrogens (tertiary/aromatic N) is 1. The Bertz CT molecular complexity index is 811. The Hall–Kier alpha value is -2.67. The van der Waals surface area contributed by atoms with Gasteiger partial charge in [0.2, 0.25) is 17.5 Å². The molecular formula is C17H15N3O3S. The number of rotatable bonds is 6. The van der Waals surface area contributed by atoms with Crippen molar-refractivity contribution in [1.82, 2.24) is 10.2 Å². The molecule has 122 valence electrons. The van der Waals surface area contributed by atoms with Crippen LogP contribution in [0.3, 0.4) is 0 Å². The highest BCUT2D eigenvalue weighted by Gasteiger charge is 2.27. The van der Waals surface area contributed by atoms with Crippen molar-refractivity contribution in [2.75, 3.05) is 11.1 Å². The number of H-pyrrole nitrogens is 1. The number of aromatic amines is 1. The number of Topliss-reactive ketones (excluding diaryl/α,β-unsaturated/α-hetero) is 1. The van der Waals surface area contributed by atoms with Crippen LogP contribution in [0.1, 0.15) is 33.7 Å². The molecule has 0 saturated carbocycles. The predicted molar refractivity (Wildman–Crippen MR) is 92.1 cm³/mol. The number of fused-ring (bicyclic) bond motifs is 1. The minimum Gasteiger partial charge on any atom is -0.326 e. The topological polar surface area (TPSA) is 91.9 Å². The summed E-state index contributed by atoms with van der Waals surface area (Å²) >= 11 is 1.29. The number of amides is 1. The van der Waals surface area contributed by atoms with Crippen molar-refractivity contribution in [2.24, 2.45) is 0 Å². The summed E-state index contributed by atoms with van der Waals surface area (Å²) in [6.07, 6.45) is 3.67. The Morgan fingerprint density at radius 2 is 2.00 bits per heavy atom. The number of allylic oxidation sites excluding steroid dienone is 2. The fourth-order valence-corrected chi connectivity index (χ4v) is 3.24. The second-order valence-corrected chi connectivity index (χ2v) is 6.36. The van der Waals surface area contributed by atoms with E-state index in [2.05, 4.69) is 15.5 Å². The van der Waals surface area contributed by atoms with Crippen LogP contribution in [-0.2, 0) is 4.79 Å². The molecule has 7 heteroatoms. The molecule has 0 radical (unpaired) electrons. The van der Waals surface area contributed by atoms with Crippen LogP contribution in [0.5, 0.6) is 0 Å². The van der Waals surface area contributed by atoms with E-state index in [-0.39, 0.29) is 23.2 Å². The first kappa shape index (κ1) is 16.2. The standard InChI is InChI=1S/C17H15N3O3S/c21-13-9-14(17(23)12-10-18-20-16(12)13)24-8-4-7-15(22)19-11-5-2-1-3-6-11/h1-3,5-6,9-10H,4,7-8H2,(H,18,20)(H,19,22). The van der Waals surface area contributed by atoms with Gasteiger partial charge in [0.15, 0.2) is 0 Å². The van der Waals surface area contributed by atoms with Crippen molar-refractivity contribution >= 4 is 34.9 Å². The first-order valence-corrected chi connectivity index (χ1v) is 8.45. The molecule has 0 saturated heterocycles. The van der Waals surface area contributed by atoms with Crippen molar-refractivity contribution in [3.05, 3.63) is 58.8 Å². The largest absolute Gasteiger partial charge is 0.326 e. The first-order valence-electron chi connectivity index (χ1n) is 7.47. The number of aromatic nitrogens is 2. The molecule has 0 aliphatic heterocycles. The van der Waals surface area contributed by atoms with Crippen LogP contribution in [0.4, 0.5) is 5.69 Å².